The lowest BCUT2D eigenvalue weighted by atomic mass is 9.63. The van der Waals surface area contributed by atoms with Crippen molar-refractivity contribution in [2.24, 2.45) is 11.1 Å². The van der Waals surface area contributed by atoms with Crippen molar-refractivity contribution in [3.8, 4) is 0 Å². The van der Waals surface area contributed by atoms with Gasteiger partial charge >= 0.3 is 0 Å². The van der Waals surface area contributed by atoms with Crippen LogP contribution in [0, 0.1) is 5.41 Å². The van der Waals surface area contributed by atoms with E-state index in [0.29, 0.717) is 10.6 Å². The largest absolute Gasteiger partial charge is 0.381 e. The lowest BCUT2D eigenvalue weighted by Crippen LogP contribution is -2.61. The molecule has 1 fully saturated rings. The van der Waals surface area contributed by atoms with Crippen LogP contribution in [0.1, 0.15) is 27.2 Å². The van der Waals surface area contributed by atoms with Crippen LogP contribution in [0.3, 0.4) is 0 Å². The summed E-state index contributed by atoms with van der Waals surface area (Å²) in [4.78, 5) is 0.383. The first kappa shape index (κ1) is 14.3. The summed E-state index contributed by atoms with van der Waals surface area (Å²) in [7, 11) is -3.20. The predicted octanol–water partition coefficient (Wildman–Crippen LogP) is 2.02. The van der Waals surface area contributed by atoms with Gasteiger partial charge in [0.2, 0.25) is 0 Å². The monoisotopic (exact) mass is 282 g/mol. The van der Waals surface area contributed by atoms with Crippen molar-refractivity contribution < 1.29 is 8.42 Å². The molecule has 0 aliphatic heterocycles. The van der Waals surface area contributed by atoms with Crippen LogP contribution in [-0.2, 0) is 9.84 Å². The summed E-state index contributed by atoms with van der Waals surface area (Å²) in [5.74, 6) is 0.110. The van der Waals surface area contributed by atoms with Crippen molar-refractivity contribution in [2.75, 3.05) is 11.1 Å². The number of nitrogens with one attached hydrogen (secondary N) is 1. The SMILES string of the molecule is CCS(=O)(=O)c1ccccc1NC1CC(N)C1(C)C. The molecule has 1 saturated carbocycles. The lowest BCUT2D eigenvalue weighted by molar-refractivity contribution is 0.117. The Balaban J connectivity index is 2.28. The Bertz CT molecular complexity index is 567. The molecule has 5 heteroatoms. The minimum absolute atomic E-state index is 0.0108. The molecule has 19 heavy (non-hydrogen) atoms. The molecule has 0 radical (unpaired) electrons. The van der Waals surface area contributed by atoms with E-state index in [0.717, 1.165) is 6.42 Å². The molecule has 3 N–H and O–H groups in total. The molecule has 0 amide bonds. The zero-order valence-corrected chi connectivity index (χ0v) is 12.5. The molecular weight excluding hydrogens is 260 g/mol. The number of anilines is 1. The van der Waals surface area contributed by atoms with E-state index < -0.39 is 9.84 Å². The summed E-state index contributed by atoms with van der Waals surface area (Å²) in [6.45, 7) is 5.88. The van der Waals surface area contributed by atoms with Crippen LogP contribution in [0.4, 0.5) is 5.69 Å². The van der Waals surface area contributed by atoms with Crippen LogP contribution in [0.5, 0.6) is 0 Å². The fourth-order valence-corrected chi connectivity index (χ4v) is 3.46. The second kappa shape index (κ2) is 4.80. The Morgan fingerprint density at radius 2 is 2.00 bits per heavy atom. The van der Waals surface area contributed by atoms with E-state index in [1.807, 2.05) is 12.1 Å². The molecule has 1 aliphatic rings. The molecule has 0 heterocycles. The summed E-state index contributed by atoms with van der Waals surface area (Å²) in [5.41, 5.74) is 6.67. The number of hydrogen-bond acceptors (Lipinski definition) is 4. The van der Waals surface area contributed by atoms with Crippen LogP contribution in [0.15, 0.2) is 29.2 Å². The first-order valence-electron chi connectivity index (χ1n) is 6.63. The van der Waals surface area contributed by atoms with E-state index in [9.17, 15) is 8.42 Å². The van der Waals surface area contributed by atoms with E-state index >= 15 is 0 Å². The third-order valence-electron chi connectivity index (χ3n) is 4.28. The first-order valence-corrected chi connectivity index (χ1v) is 8.28. The summed E-state index contributed by atoms with van der Waals surface area (Å²) < 4.78 is 24.1. The zero-order valence-electron chi connectivity index (χ0n) is 11.7. The third-order valence-corrected chi connectivity index (χ3v) is 6.06. The normalized spacial score (nSPS) is 25.7. The van der Waals surface area contributed by atoms with Crippen molar-refractivity contribution in [2.45, 2.75) is 44.2 Å². The fourth-order valence-electron chi connectivity index (χ4n) is 2.40. The molecule has 106 valence electrons. The maximum Gasteiger partial charge on any atom is 0.180 e. The predicted molar refractivity (Wildman–Crippen MR) is 78.0 cm³/mol. The Hall–Kier alpha value is -1.07. The maximum absolute atomic E-state index is 12.1. The lowest BCUT2D eigenvalue weighted by Gasteiger charge is -2.51. The topological polar surface area (TPSA) is 72.2 Å². The molecule has 0 aromatic heterocycles. The summed E-state index contributed by atoms with van der Waals surface area (Å²) >= 11 is 0. The molecule has 0 spiro atoms. The van der Waals surface area contributed by atoms with E-state index in [2.05, 4.69) is 19.2 Å². The van der Waals surface area contributed by atoms with Gasteiger partial charge in [-0.2, -0.15) is 0 Å². The highest BCUT2D eigenvalue weighted by atomic mass is 32.2. The van der Waals surface area contributed by atoms with Gasteiger partial charge in [-0.15, -0.1) is 0 Å². The fraction of sp³-hybridized carbons (Fsp3) is 0.571. The number of benzene rings is 1. The van der Waals surface area contributed by atoms with Crippen molar-refractivity contribution >= 4 is 15.5 Å². The second-order valence-corrected chi connectivity index (χ2v) is 8.01. The summed E-state index contributed by atoms with van der Waals surface area (Å²) in [6.07, 6.45) is 0.869. The Morgan fingerprint density at radius 3 is 2.53 bits per heavy atom. The average Bonchev–Trinajstić information content (AvgIpc) is 2.39. The maximum atomic E-state index is 12.1. The highest BCUT2D eigenvalue weighted by molar-refractivity contribution is 7.91. The van der Waals surface area contributed by atoms with Crippen LogP contribution in [0.2, 0.25) is 0 Å². The van der Waals surface area contributed by atoms with Gasteiger partial charge in [-0.25, -0.2) is 8.42 Å². The Morgan fingerprint density at radius 1 is 1.37 bits per heavy atom. The van der Waals surface area contributed by atoms with Gasteiger partial charge in [-0.1, -0.05) is 32.9 Å². The highest BCUT2D eigenvalue weighted by Crippen LogP contribution is 2.41. The molecule has 0 bridgehead atoms. The Labute approximate surface area is 115 Å². The zero-order chi connectivity index (χ0) is 14.3. The van der Waals surface area contributed by atoms with Gasteiger partial charge < -0.3 is 11.1 Å². The molecular formula is C14H22N2O2S. The molecule has 2 rings (SSSR count). The van der Waals surface area contributed by atoms with Gasteiger partial charge in [0.05, 0.1) is 16.3 Å². The van der Waals surface area contributed by atoms with Gasteiger partial charge in [-0.05, 0) is 18.6 Å². The summed E-state index contributed by atoms with van der Waals surface area (Å²) in [5, 5.41) is 3.35. The van der Waals surface area contributed by atoms with Crippen molar-refractivity contribution in [1.82, 2.24) is 0 Å². The molecule has 0 saturated heterocycles. The van der Waals surface area contributed by atoms with Crippen molar-refractivity contribution in [3.05, 3.63) is 24.3 Å². The number of sulfone groups is 1. The van der Waals surface area contributed by atoms with E-state index in [1.165, 1.54) is 0 Å². The smallest absolute Gasteiger partial charge is 0.180 e. The van der Waals surface area contributed by atoms with E-state index in [4.69, 9.17) is 5.73 Å². The van der Waals surface area contributed by atoms with Gasteiger partial charge in [0.1, 0.15) is 0 Å². The molecule has 2 unspecified atom stereocenters. The Kier molecular flexibility index (Phi) is 3.62. The van der Waals surface area contributed by atoms with Crippen LogP contribution >= 0.6 is 0 Å². The molecule has 4 nitrogen and oxygen atoms in total. The van der Waals surface area contributed by atoms with Crippen LogP contribution in [-0.4, -0.2) is 26.3 Å². The number of hydrogen-bond donors (Lipinski definition) is 2. The van der Waals surface area contributed by atoms with E-state index in [1.54, 1.807) is 19.1 Å². The standard InChI is InChI=1S/C14H22N2O2S/c1-4-19(17,18)11-8-6-5-7-10(11)16-13-9-12(15)14(13,2)3/h5-8,12-13,16H,4,9,15H2,1-3H3. The molecule has 2 atom stereocenters. The number of para-hydroxylation sites is 1. The minimum Gasteiger partial charge on any atom is -0.381 e. The molecule has 1 aromatic carbocycles. The first-order chi connectivity index (χ1) is 8.79. The molecule has 1 aliphatic carbocycles. The summed E-state index contributed by atoms with van der Waals surface area (Å²) in [6, 6.07) is 7.47. The number of nitrogens with two attached hydrogens (primary N) is 1. The number of rotatable bonds is 4. The van der Waals surface area contributed by atoms with Gasteiger partial charge in [0, 0.05) is 17.5 Å². The second-order valence-electron chi connectivity index (χ2n) is 5.76. The molecule has 1 aromatic rings. The van der Waals surface area contributed by atoms with Crippen LogP contribution < -0.4 is 11.1 Å². The average molecular weight is 282 g/mol. The quantitative estimate of drug-likeness (QED) is 0.886. The van der Waals surface area contributed by atoms with Gasteiger partial charge in [-0.3, -0.25) is 0 Å². The van der Waals surface area contributed by atoms with Gasteiger partial charge in [0.25, 0.3) is 0 Å². The van der Waals surface area contributed by atoms with Gasteiger partial charge in [0.15, 0.2) is 9.84 Å². The van der Waals surface area contributed by atoms with Crippen molar-refractivity contribution in [1.29, 1.82) is 0 Å². The van der Waals surface area contributed by atoms with E-state index in [-0.39, 0.29) is 23.3 Å². The highest BCUT2D eigenvalue weighted by Gasteiger charge is 2.46. The van der Waals surface area contributed by atoms with Crippen LogP contribution in [0.25, 0.3) is 0 Å². The third kappa shape index (κ3) is 2.49. The van der Waals surface area contributed by atoms with Crippen molar-refractivity contribution in [3.63, 3.8) is 0 Å². The minimum atomic E-state index is -3.20.